The van der Waals surface area contributed by atoms with E-state index in [0.29, 0.717) is 16.0 Å². The summed E-state index contributed by atoms with van der Waals surface area (Å²) in [6, 6.07) is 6.52. The smallest absolute Gasteiger partial charge is 0.414 e. The molecule has 0 aliphatic heterocycles. The monoisotopic (exact) mass is 306 g/mol. The summed E-state index contributed by atoms with van der Waals surface area (Å²) in [5.74, 6) is -2.85. The molecule has 118 valence electrons. The summed E-state index contributed by atoms with van der Waals surface area (Å²) in [4.78, 5) is 12.6. The molecule has 0 spiro atoms. The van der Waals surface area contributed by atoms with E-state index in [9.17, 15) is 15.0 Å². The summed E-state index contributed by atoms with van der Waals surface area (Å²) in [6.45, 7) is 4.78. The van der Waals surface area contributed by atoms with Crippen LogP contribution in [0.5, 0.6) is 0 Å². The van der Waals surface area contributed by atoms with Crippen LogP contribution < -0.4 is 0 Å². The van der Waals surface area contributed by atoms with Gasteiger partial charge in [-0.15, -0.1) is 0 Å². The van der Waals surface area contributed by atoms with E-state index in [2.05, 4.69) is 5.16 Å². The largest absolute Gasteiger partial charge is 0.444 e. The van der Waals surface area contributed by atoms with Crippen molar-refractivity contribution in [1.29, 1.82) is 0 Å². The Balaban J connectivity index is 2.92. The van der Waals surface area contributed by atoms with Gasteiger partial charge in [-0.2, -0.15) is 0 Å². The number of hydrogen-bond donors (Lipinski definition) is 3. The summed E-state index contributed by atoms with van der Waals surface area (Å²) in [5, 5.41) is 30.4. The molecular formula is C14H19BN2O5. The lowest BCUT2D eigenvalue weighted by Crippen LogP contribution is -2.53. The minimum absolute atomic E-state index is 0.172. The highest BCUT2D eigenvalue weighted by molar-refractivity contribution is 6.13. The summed E-state index contributed by atoms with van der Waals surface area (Å²) in [7, 11) is 5.21. The van der Waals surface area contributed by atoms with Gasteiger partial charge in [0.05, 0.1) is 12.8 Å². The van der Waals surface area contributed by atoms with Gasteiger partial charge in [-0.25, -0.2) is 4.79 Å². The fourth-order valence-electron chi connectivity index (χ4n) is 1.59. The number of nitrogens with zero attached hydrogens (tertiary/aromatic N) is 2. The first-order valence-corrected chi connectivity index (χ1v) is 6.53. The van der Waals surface area contributed by atoms with Gasteiger partial charge in [0, 0.05) is 0 Å². The average Bonchev–Trinajstić information content (AvgIpc) is 2.34. The van der Waals surface area contributed by atoms with Crippen molar-refractivity contribution in [2.24, 2.45) is 5.16 Å². The Kier molecular flexibility index (Phi) is 5.56. The van der Waals surface area contributed by atoms with E-state index in [4.69, 9.17) is 17.8 Å². The van der Waals surface area contributed by atoms with Gasteiger partial charge in [-0.3, -0.25) is 4.90 Å². The Morgan fingerprint density at radius 3 is 2.27 bits per heavy atom. The van der Waals surface area contributed by atoms with Crippen LogP contribution in [0.15, 0.2) is 29.4 Å². The average molecular weight is 306 g/mol. The van der Waals surface area contributed by atoms with Crippen LogP contribution in [-0.2, 0) is 11.3 Å². The quantitative estimate of drug-likeness (QED) is 0.253. The molecule has 0 atom stereocenters. The second-order valence-electron chi connectivity index (χ2n) is 5.74. The molecule has 1 aromatic rings. The Morgan fingerprint density at radius 1 is 1.32 bits per heavy atom. The number of benzene rings is 1. The number of oxime groups is 1. The highest BCUT2D eigenvalue weighted by Crippen LogP contribution is 2.17. The van der Waals surface area contributed by atoms with Crippen molar-refractivity contribution in [2.45, 2.75) is 38.7 Å². The van der Waals surface area contributed by atoms with Crippen LogP contribution in [0.1, 0.15) is 31.9 Å². The van der Waals surface area contributed by atoms with Crippen LogP contribution in [0.3, 0.4) is 0 Å². The molecule has 1 aromatic carbocycles. The molecule has 0 unspecified atom stereocenters. The zero-order chi connectivity index (χ0) is 17.0. The number of carbonyl (C=O) groups is 1. The highest BCUT2D eigenvalue weighted by Gasteiger charge is 2.33. The molecule has 0 aliphatic carbocycles. The van der Waals surface area contributed by atoms with Crippen LogP contribution >= 0.6 is 0 Å². The minimum Gasteiger partial charge on any atom is -0.444 e. The molecule has 0 saturated heterocycles. The highest BCUT2D eigenvalue weighted by atomic mass is 16.6. The summed E-state index contributed by atoms with van der Waals surface area (Å²) < 4.78 is 5.09. The second-order valence-corrected chi connectivity index (χ2v) is 5.74. The fourth-order valence-corrected chi connectivity index (χ4v) is 1.59. The molecule has 0 aromatic heterocycles. The molecule has 8 heteroatoms. The van der Waals surface area contributed by atoms with Gasteiger partial charge in [0.1, 0.15) is 5.60 Å². The Labute approximate surface area is 130 Å². The Morgan fingerprint density at radius 2 is 1.86 bits per heavy atom. The number of amides is 1. The van der Waals surface area contributed by atoms with Gasteiger partial charge in [0.2, 0.25) is 0 Å². The number of ether oxygens (including phenoxy) is 1. The van der Waals surface area contributed by atoms with E-state index in [1.165, 1.54) is 6.21 Å². The first-order valence-electron chi connectivity index (χ1n) is 6.53. The van der Waals surface area contributed by atoms with Crippen molar-refractivity contribution in [3.8, 4) is 0 Å². The van der Waals surface area contributed by atoms with E-state index in [0.717, 1.165) is 0 Å². The zero-order valence-electron chi connectivity index (χ0n) is 12.7. The molecular weight excluding hydrogens is 287 g/mol. The summed E-state index contributed by atoms with van der Waals surface area (Å²) >= 11 is 0. The number of rotatable bonds is 4. The summed E-state index contributed by atoms with van der Waals surface area (Å²) in [5.41, 5.74) is 0.420. The molecule has 0 heterocycles. The predicted octanol–water partition coefficient (Wildman–Crippen LogP) is 0.996. The fraction of sp³-hybridized carbons (Fsp3) is 0.429. The van der Waals surface area contributed by atoms with E-state index in [-0.39, 0.29) is 6.54 Å². The zero-order valence-corrected chi connectivity index (χ0v) is 12.7. The Hall–Kier alpha value is -2.06. The molecule has 3 N–H and O–H groups in total. The first kappa shape index (κ1) is 18.0. The van der Waals surface area contributed by atoms with E-state index in [1.807, 2.05) is 0 Å². The van der Waals surface area contributed by atoms with E-state index < -0.39 is 17.5 Å². The van der Waals surface area contributed by atoms with Crippen molar-refractivity contribution in [1.82, 2.24) is 4.90 Å². The van der Waals surface area contributed by atoms with Gasteiger partial charge in [-0.1, -0.05) is 29.4 Å². The van der Waals surface area contributed by atoms with Crippen molar-refractivity contribution in [3.63, 3.8) is 0 Å². The number of carbonyl (C=O) groups excluding carboxylic acids is 1. The maximum absolute atomic E-state index is 12.0. The Bertz CT molecular complexity index is 532. The van der Waals surface area contributed by atoms with Crippen molar-refractivity contribution < 1.29 is 25.0 Å². The lowest BCUT2D eigenvalue weighted by Gasteiger charge is -2.34. The normalized spacial score (nSPS) is 12.4. The molecule has 2 radical (unpaired) electrons. The van der Waals surface area contributed by atoms with Gasteiger partial charge >= 0.3 is 6.09 Å². The van der Waals surface area contributed by atoms with Crippen LogP contribution in [0.25, 0.3) is 0 Å². The maximum atomic E-state index is 12.0. The number of aliphatic hydroxyl groups is 2. The minimum atomic E-state index is -2.85. The molecule has 22 heavy (non-hydrogen) atoms. The van der Waals surface area contributed by atoms with Crippen molar-refractivity contribution >= 4 is 20.2 Å². The van der Waals surface area contributed by atoms with Gasteiger partial charge < -0.3 is 20.2 Å². The lowest BCUT2D eigenvalue weighted by molar-refractivity contribution is -0.190. The molecule has 0 bridgehead atoms. The van der Waals surface area contributed by atoms with Crippen molar-refractivity contribution in [2.75, 3.05) is 0 Å². The lowest BCUT2D eigenvalue weighted by atomic mass is 10.0. The van der Waals surface area contributed by atoms with Crippen LogP contribution in [0.4, 0.5) is 4.79 Å². The van der Waals surface area contributed by atoms with Crippen LogP contribution in [-0.4, -0.2) is 51.9 Å². The van der Waals surface area contributed by atoms with Gasteiger partial charge in [-0.05, 0) is 31.9 Å². The molecule has 0 saturated carbocycles. The molecule has 0 aliphatic rings. The SMILES string of the molecule is [B]C(O)(O)N(Cc1ccc(/C=N/O)cc1)C(=O)OC(C)(C)C. The molecule has 7 nitrogen and oxygen atoms in total. The van der Waals surface area contributed by atoms with Gasteiger partial charge in [0.25, 0.3) is 0 Å². The first-order chi connectivity index (χ1) is 10.0. The van der Waals surface area contributed by atoms with Crippen LogP contribution in [0.2, 0.25) is 0 Å². The third-order valence-electron chi connectivity index (χ3n) is 2.54. The van der Waals surface area contributed by atoms with Gasteiger partial charge in [0.15, 0.2) is 13.7 Å². The van der Waals surface area contributed by atoms with Crippen LogP contribution in [0, 0.1) is 0 Å². The summed E-state index contributed by atoms with van der Waals surface area (Å²) in [6.07, 6.45) is 0.279. The third-order valence-corrected chi connectivity index (χ3v) is 2.54. The number of hydrogen-bond acceptors (Lipinski definition) is 6. The van der Waals surface area contributed by atoms with Crippen molar-refractivity contribution in [3.05, 3.63) is 35.4 Å². The molecule has 1 amide bonds. The third kappa shape index (κ3) is 5.75. The van der Waals surface area contributed by atoms with E-state index in [1.54, 1.807) is 45.0 Å². The predicted molar refractivity (Wildman–Crippen MR) is 80.5 cm³/mol. The topological polar surface area (TPSA) is 103 Å². The maximum Gasteiger partial charge on any atom is 0.414 e. The second kappa shape index (κ2) is 6.80. The standard InChI is InChI=1S/C14H19BN2O5/c1-13(2,3)22-12(18)17(14(15,19)20)9-11-6-4-10(5-7-11)8-16-21/h4-8,19-21H,9H2,1-3H3/b16-8+. The molecule has 1 rings (SSSR count). The van der Waals surface area contributed by atoms with E-state index >= 15 is 0 Å². The molecule has 0 fully saturated rings.